The van der Waals surface area contributed by atoms with Gasteiger partial charge in [0.2, 0.25) is 5.95 Å². The fourth-order valence-electron chi connectivity index (χ4n) is 2.17. The molecule has 7 heteroatoms. The molecule has 1 heterocycles. The van der Waals surface area contributed by atoms with E-state index in [9.17, 15) is 13.2 Å². The predicted octanol–water partition coefficient (Wildman–Crippen LogP) is 3.03. The molecular formula is C14H10F3N3O. The van der Waals surface area contributed by atoms with Gasteiger partial charge in [-0.3, -0.25) is 4.57 Å². The van der Waals surface area contributed by atoms with E-state index in [-0.39, 0.29) is 22.7 Å². The maximum Gasteiger partial charge on any atom is 0.206 e. The second-order valence-electron chi connectivity index (χ2n) is 4.35. The fraction of sp³-hybridized carbons (Fsp3) is 0.0714. The third kappa shape index (κ3) is 1.97. The average molecular weight is 293 g/mol. The molecule has 1 aromatic heterocycles. The summed E-state index contributed by atoms with van der Waals surface area (Å²) in [5.41, 5.74) is 6.17. The molecule has 3 aromatic rings. The lowest BCUT2D eigenvalue weighted by Gasteiger charge is -2.09. The Morgan fingerprint density at radius 1 is 1.10 bits per heavy atom. The quantitative estimate of drug-likeness (QED) is 0.790. The highest BCUT2D eigenvalue weighted by Gasteiger charge is 2.18. The standard InChI is InChI=1S/C14H10F3N3O/c1-21-11-6-7(2-3-8(11)15)20-13-10(19-14(20)18)5-4-9(16)12(13)17/h2-6H,1H3,(H2,18,19). The van der Waals surface area contributed by atoms with Crippen molar-refractivity contribution in [1.29, 1.82) is 0 Å². The Balaban J connectivity index is 2.34. The first-order chi connectivity index (χ1) is 10.0. The molecule has 0 saturated carbocycles. The van der Waals surface area contributed by atoms with Crippen molar-refractivity contribution in [3.05, 3.63) is 47.8 Å². The van der Waals surface area contributed by atoms with E-state index in [4.69, 9.17) is 10.5 Å². The van der Waals surface area contributed by atoms with Gasteiger partial charge < -0.3 is 10.5 Å². The van der Waals surface area contributed by atoms with Gasteiger partial charge in [-0.15, -0.1) is 0 Å². The number of hydrogen-bond donors (Lipinski definition) is 1. The molecule has 0 aliphatic carbocycles. The van der Waals surface area contributed by atoms with Crippen LogP contribution in [-0.2, 0) is 0 Å². The highest BCUT2D eigenvalue weighted by molar-refractivity contribution is 5.81. The number of hydrogen-bond acceptors (Lipinski definition) is 3. The first-order valence-corrected chi connectivity index (χ1v) is 5.98. The molecule has 108 valence electrons. The summed E-state index contributed by atoms with van der Waals surface area (Å²) < 4.78 is 47.0. The molecule has 4 nitrogen and oxygen atoms in total. The third-order valence-electron chi connectivity index (χ3n) is 3.13. The molecule has 0 aliphatic heterocycles. The van der Waals surface area contributed by atoms with Gasteiger partial charge in [0.05, 0.1) is 18.3 Å². The molecule has 0 aliphatic rings. The second kappa shape index (κ2) is 4.69. The summed E-state index contributed by atoms with van der Waals surface area (Å²) in [5, 5.41) is 0. The average Bonchev–Trinajstić information content (AvgIpc) is 2.81. The number of nitrogen functional groups attached to an aromatic ring is 1. The summed E-state index contributed by atoms with van der Waals surface area (Å²) >= 11 is 0. The van der Waals surface area contributed by atoms with Crippen molar-refractivity contribution in [3.8, 4) is 11.4 Å². The Bertz CT molecular complexity index is 845. The Morgan fingerprint density at radius 3 is 2.52 bits per heavy atom. The van der Waals surface area contributed by atoms with E-state index in [0.29, 0.717) is 5.69 Å². The van der Waals surface area contributed by atoms with Gasteiger partial charge >= 0.3 is 0 Å². The van der Waals surface area contributed by atoms with Crippen LogP contribution < -0.4 is 10.5 Å². The van der Waals surface area contributed by atoms with Crippen molar-refractivity contribution in [2.45, 2.75) is 0 Å². The van der Waals surface area contributed by atoms with Gasteiger partial charge in [-0.25, -0.2) is 18.2 Å². The molecule has 2 aromatic carbocycles. The zero-order valence-electron chi connectivity index (χ0n) is 10.9. The summed E-state index contributed by atoms with van der Waals surface area (Å²) in [6.07, 6.45) is 0. The van der Waals surface area contributed by atoms with Crippen molar-refractivity contribution in [2.24, 2.45) is 0 Å². The van der Waals surface area contributed by atoms with E-state index in [2.05, 4.69) is 4.98 Å². The number of rotatable bonds is 2. The molecule has 0 unspecified atom stereocenters. The summed E-state index contributed by atoms with van der Waals surface area (Å²) in [5.74, 6) is -2.73. The summed E-state index contributed by atoms with van der Waals surface area (Å²) in [6.45, 7) is 0. The highest BCUT2D eigenvalue weighted by Crippen LogP contribution is 2.29. The fourth-order valence-corrected chi connectivity index (χ4v) is 2.17. The van der Waals surface area contributed by atoms with Gasteiger partial charge in [-0.1, -0.05) is 0 Å². The molecule has 2 N–H and O–H groups in total. The van der Waals surface area contributed by atoms with Crippen LogP contribution in [0.5, 0.6) is 5.75 Å². The third-order valence-corrected chi connectivity index (χ3v) is 3.13. The number of aromatic nitrogens is 2. The minimum Gasteiger partial charge on any atom is -0.494 e. The maximum atomic E-state index is 14.0. The minimum absolute atomic E-state index is 0.0365. The van der Waals surface area contributed by atoms with Gasteiger partial charge in [-0.05, 0) is 24.3 Å². The first kappa shape index (κ1) is 13.3. The van der Waals surface area contributed by atoms with E-state index in [0.717, 1.165) is 12.1 Å². The van der Waals surface area contributed by atoms with Crippen molar-refractivity contribution in [3.63, 3.8) is 0 Å². The summed E-state index contributed by atoms with van der Waals surface area (Å²) in [6, 6.07) is 6.15. The number of halogens is 3. The zero-order valence-corrected chi connectivity index (χ0v) is 10.9. The summed E-state index contributed by atoms with van der Waals surface area (Å²) in [7, 11) is 1.30. The predicted molar refractivity (Wildman–Crippen MR) is 71.9 cm³/mol. The van der Waals surface area contributed by atoms with Crippen LogP contribution in [-0.4, -0.2) is 16.7 Å². The number of methoxy groups -OCH3 is 1. The largest absolute Gasteiger partial charge is 0.494 e. The van der Waals surface area contributed by atoms with E-state index < -0.39 is 17.5 Å². The van der Waals surface area contributed by atoms with E-state index in [1.54, 1.807) is 0 Å². The Morgan fingerprint density at radius 2 is 1.81 bits per heavy atom. The monoisotopic (exact) mass is 293 g/mol. The molecule has 0 saturated heterocycles. The molecular weight excluding hydrogens is 283 g/mol. The van der Waals surface area contributed by atoms with Crippen LogP contribution in [0.2, 0.25) is 0 Å². The number of anilines is 1. The molecule has 0 atom stereocenters. The molecule has 21 heavy (non-hydrogen) atoms. The Hall–Kier alpha value is -2.70. The second-order valence-corrected chi connectivity index (χ2v) is 4.35. The van der Waals surface area contributed by atoms with Crippen LogP contribution in [0, 0.1) is 17.5 Å². The molecule has 3 rings (SSSR count). The molecule has 0 spiro atoms. The van der Waals surface area contributed by atoms with E-state index in [1.165, 1.54) is 29.9 Å². The van der Waals surface area contributed by atoms with Gasteiger partial charge in [0.1, 0.15) is 5.52 Å². The number of fused-ring (bicyclic) bond motifs is 1. The topological polar surface area (TPSA) is 53.1 Å². The van der Waals surface area contributed by atoms with Gasteiger partial charge in [-0.2, -0.15) is 0 Å². The van der Waals surface area contributed by atoms with Crippen LogP contribution in [0.3, 0.4) is 0 Å². The van der Waals surface area contributed by atoms with Crippen molar-refractivity contribution in [2.75, 3.05) is 12.8 Å². The number of benzene rings is 2. The normalized spacial score (nSPS) is 11.0. The van der Waals surface area contributed by atoms with Crippen LogP contribution >= 0.6 is 0 Å². The number of imidazole rings is 1. The van der Waals surface area contributed by atoms with Gasteiger partial charge in [0.15, 0.2) is 23.2 Å². The zero-order chi connectivity index (χ0) is 15.1. The maximum absolute atomic E-state index is 14.0. The van der Waals surface area contributed by atoms with Crippen molar-refractivity contribution in [1.82, 2.24) is 9.55 Å². The first-order valence-electron chi connectivity index (χ1n) is 5.98. The Labute approximate surface area is 117 Å². The van der Waals surface area contributed by atoms with E-state index >= 15 is 0 Å². The number of ether oxygens (including phenoxy) is 1. The van der Waals surface area contributed by atoms with Crippen LogP contribution in [0.1, 0.15) is 0 Å². The van der Waals surface area contributed by atoms with Crippen molar-refractivity contribution < 1.29 is 17.9 Å². The van der Waals surface area contributed by atoms with E-state index in [1.807, 2.05) is 0 Å². The lowest BCUT2D eigenvalue weighted by molar-refractivity contribution is 0.386. The molecule has 0 bridgehead atoms. The van der Waals surface area contributed by atoms with Crippen LogP contribution in [0.15, 0.2) is 30.3 Å². The lowest BCUT2D eigenvalue weighted by Crippen LogP contribution is -2.03. The summed E-state index contributed by atoms with van der Waals surface area (Å²) in [4.78, 5) is 3.97. The molecule has 0 radical (unpaired) electrons. The minimum atomic E-state index is -1.07. The highest BCUT2D eigenvalue weighted by atomic mass is 19.2. The van der Waals surface area contributed by atoms with Gasteiger partial charge in [0, 0.05) is 6.07 Å². The van der Waals surface area contributed by atoms with Crippen molar-refractivity contribution >= 4 is 17.0 Å². The number of nitrogens with two attached hydrogens (primary N) is 1. The SMILES string of the molecule is COc1cc(-n2c(N)nc3ccc(F)c(F)c32)ccc1F. The van der Waals surface area contributed by atoms with Gasteiger partial charge in [0.25, 0.3) is 0 Å². The molecule has 0 amide bonds. The lowest BCUT2D eigenvalue weighted by atomic mass is 10.2. The number of nitrogens with zero attached hydrogens (tertiary/aromatic N) is 2. The Kier molecular flexibility index (Phi) is 2.97. The smallest absolute Gasteiger partial charge is 0.206 e. The molecule has 0 fully saturated rings. The van der Waals surface area contributed by atoms with Crippen LogP contribution in [0.4, 0.5) is 19.1 Å². The van der Waals surface area contributed by atoms with Crippen LogP contribution in [0.25, 0.3) is 16.7 Å².